The summed E-state index contributed by atoms with van der Waals surface area (Å²) in [4.78, 5) is 45.0. The third-order valence-corrected chi connectivity index (χ3v) is 9.89. The van der Waals surface area contributed by atoms with Gasteiger partial charge >= 0.3 is 0 Å². The zero-order chi connectivity index (χ0) is 35.0. The van der Waals surface area contributed by atoms with Crippen LogP contribution in [0.4, 0.5) is 10.8 Å². The molecule has 0 saturated heterocycles. The Morgan fingerprint density at radius 2 is 1.46 bits per heavy atom. The van der Waals surface area contributed by atoms with Crippen molar-refractivity contribution in [2.24, 2.45) is 0 Å². The summed E-state index contributed by atoms with van der Waals surface area (Å²) in [6.45, 7) is 6.08. The number of hydrogen-bond acceptors (Lipinski definition) is 6. The zero-order valence-electron chi connectivity index (χ0n) is 27.8. The maximum atomic E-state index is 13.5. The molecule has 7 nitrogen and oxygen atoms in total. The number of aromatic nitrogens is 1. The predicted octanol–water partition coefficient (Wildman–Crippen LogP) is 9.62. The van der Waals surface area contributed by atoms with E-state index in [1.807, 2.05) is 73.0 Å². The summed E-state index contributed by atoms with van der Waals surface area (Å²) in [5.41, 5.74) is 4.89. The maximum Gasteiger partial charge on any atom is 0.272 e. The Bertz CT molecular complexity index is 2160. The van der Waals surface area contributed by atoms with Gasteiger partial charge in [0.2, 0.25) is 5.91 Å². The molecule has 3 amide bonds. The zero-order valence-corrected chi connectivity index (χ0v) is 29.5. The van der Waals surface area contributed by atoms with Crippen LogP contribution in [0, 0.1) is 0 Å². The van der Waals surface area contributed by atoms with E-state index in [0.717, 1.165) is 27.1 Å². The molecule has 0 radical (unpaired) electrons. The quantitative estimate of drug-likeness (QED) is 0.0926. The van der Waals surface area contributed by atoms with Gasteiger partial charge in [-0.1, -0.05) is 92.7 Å². The van der Waals surface area contributed by atoms with E-state index < -0.39 is 11.2 Å². The number of rotatable bonds is 11. The second kappa shape index (κ2) is 15.8. The maximum absolute atomic E-state index is 13.5. The Labute approximate surface area is 299 Å². The van der Waals surface area contributed by atoms with Crippen LogP contribution in [0.1, 0.15) is 48.2 Å². The van der Waals surface area contributed by atoms with E-state index in [2.05, 4.69) is 59.0 Å². The molecule has 1 atom stereocenters. The Kier molecular flexibility index (Phi) is 10.9. The fraction of sp³-hybridized carbons (Fsp3) is 0.122. The summed E-state index contributed by atoms with van der Waals surface area (Å²) in [6, 6.07) is 38.3. The van der Waals surface area contributed by atoms with Gasteiger partial charge in [-0.2, -0.15) is 0 Å². The first-order valence-electron chi connectivity index (χ1n) is 16.2. The molecule has 0 bridgehead atoms. The van der Waals surface area contributed by atoms with Gasteiger partial charge in [-0.05, 0) is 83.3 Å². The largest absolute Gasteiger partial charge is 0.321 e. The van der Waals surface area contributed by atoms with E-state index >= 15 is 0 Å². The molecule has 250 valence electrons. The van der Waals surface area contributed by atoms with Crippen LogP contribution in [0.3, 0.4) is 0 Å². The highest BCUT2D eigenvalue weighted by molar-refractivity contribution is 8.00. The molecule has 0 aliphatic carbocycles. The lowest BCUT2D eigenvalue weighted by Gasteiger charge is -2.13. The van der Waals surface area contributed by atoms with Crippen molar-refractivity contribution < 1.29 is 14.4 Å². The summed E-state index contributed by atoms with van der Waals surface area (Å²) in [5, 5.41) is 13.0. The molecule has 6 rings (SSSR count). The van der Waals surface area contributed by atoms with Crippen LogP contribution in [0.25, 0.3) is 28.1 Å². The highest BCUT2D eigenvalue weighted by Crippen LogP contribution is 2.30. The molecule has 0 saturated carbocycles. The van der Waals surface area contributed by atoms with E-state index in [1.54, 1.807) is 42.5 Å². The molecule has 9 heteroatoms. The molecular formula is C41H36N4O3S2. The molecule has 0 aliphatic heterocycles. The number of nitrogens with one attached hydrogen (secondary N) is 3. The van der Waals surface area contributed by atoms with Gasteiger partial charge in [-0.25, -0.2) is 4.98 Å². The number of thiazole rings is 1. The van der Waals surface area contributed by atoms with Gasteiger partial charge < -0.3 is 16.0 Å². The van der Waals surface area contributed by atoms with Crippen LogP contribution in [0.15, 0.2) is 137 Å². The summed E-state index contributed by atoms with van der Waals surface area (Å²) >= 11 is 2.80. The number of carbonyl (C=O) groups excluding carboxylic acids is 3. The average Bonchev–Trinajstić information content (AvgIpc) is 3.61. The molecule has 5 aromatic carbocycles. The number of amides is 3. The van der Waals surface area contributed by atoms with Gasteiger partial charge in [-0.3, -0.25) is 14.4 Å². The number of hydrogen-bond donors (Lipinski definition) is 3. The van der Waals surface area contributed by atoms with E-state index in [-0.39, 0.29) is 17.5 Å². The fourth-order valence-electron chi connectivity index (χ4n) is 5.18. The molecule has 1 heterocycles. The topological polar surface area (TPSA) is 100 Å². The molecule has 0 spiro atoms. The van der Waals surface area contributed by atoms with Gasteiger partial charge in [0, 0.05) is 27.1 Å². The number of thioether (sulfide) groups is 1. The summed E-state index contributed by atoms with van der Waals surface area (Å²) in [7, 11) is 0. The van der Waals surface area contributed by atoms with E-state index in [1.165, 1.54) is 34.0 Å². The van der Waals surface area contributed by atoms with E-state index in [4.69, 9.17) is 0 Å². The van der Waals surface area contributed by atoms with Crippen molar-refractivity contribution >= 4 is 68.5 Å². The minimum absolute atomic E-state index is 0.117. The summed E-state index contributed by atoms with van der Waals surface area (Å²) in [5.74, 6) is -0.619. The molecule has 0 aliphatic rings. The molecule has 1 aromatic heterocycles. The number of carbonyl (C=O) groups is 3. The smallest absolute Gasteiger partial charge is 0.272 e. The lowest BCUT2D eigenvalue weighted by molar-refractivity contribution is -0.115. The van der Waals surface area contributed by atoms with Crippen LogP contribution in [-0.2, 0) is 9.59 Å². The monoisotopic (exact) mass is 696 g/mol. The summed E-state index contributed by atoms with van der Waals surface area (Å²) in [6.07, 6.45) is 1.66. The van der Waals surface area contributed by atoms with Gasteiger partial charge in [0.25, 0.3) is 11.8 Å². The molecular weight excluding hydrogens is 661 g/mol. The predicted molar refractivity (Wildman–Crippen MR) is 206 cm³/mol. The first-order chi connectivity index (χ1) is 24.2. The first-order valence-corrected chi connectivity index (χ1v) is 18.0. The first kappa shape index (κ1) is 34.4. The molecule has 6 aromatic rings. The van der Waals surface area contributed by atoms with Crippen molar-refractivity contribution in [2.75, 3.05) is 10.6 Å². The number of nitrogens with zero attached hydrogens (tertiary/aromatic N) is 1. The van der Waals surface area contributed by atoms with Crippen LogP contribution in [-0.4, -0.2) is 28.0 Å². The summed E-state index contributed by atoms with van der Waals surface area (Å²) < 4.78 is 0. The average molecular weight is 697 g/mol. The third kappa shape index (κ3) is 8.74. The van der Waals surface area contributed by atoms with Gasteiger partial charge in [0.1, 0.15) is 5.70 Å². The van der Waals surface area contributed by atoms with Crippen LogP contribution in [0.5, 0.6) is 0 Å². The van der Waals surface area contributed by atoms with Crippen molar-refractivity contribution in [1.82, 2.24) is 10.3 Å². The van der Waals surface area contributed by atoms with Gasteiger partial charge in [0.05, 0.1) is 10.9 Å². The molecule has 0 fully saturated rings. The lowest BCUT2D eigenvalue weighted by Crippen LogP contribution is -2.30. The highest BCUT2D eigenvalue weighted by Gasteiger charge is 2.18. The fourth-order valence-corrected chi connectivity index (χ4v) is 6.77. The van der Waals surface area contributed by atoms with Crippen LogP contribution >= 0.6 is 23.1 Å². The van der Waals surface area contributed by atoms with Crippen molar-refractivity contribution in [1.29, 1.82) is 0 Å². The van der Waals surface area contributed by atoms with Gasteiger partial charge in [-0.15, -0.1) is 23.1 Å². The third-order valence-electron chi connectivity index (χ3n) is 8.02. The van der Waals surface area contributed by atoms with Crippen LogP contribution < -0.4 is 16.0 Å². The Hall–Kier alpha value is -5.51. The van der Waals surface area contributed by atoms with Crippen molar-refractivity contribution in [3.63, 3.8) is 0 Å². The normalized spacial score (nSPS) is 12.0. The van der Waals surface area contributed by atoms with Crippen LogP contribution in [0.2, 0.25) is 0 Å². The minimum Gasteiger partial charge on any atom is -0.321 e. The minimum atomic E-state index is -0.457. The number of anilines is 2. The Morgan fingerprint density at radius 1 is 0.760 bits per heavy atom. The van der Waals surface area contributed by atoms with Gasteiger partial charge in [0.15, 0.2) is 5.13 Å². The molecule has 50 heavy (non-hydrogen) atoms. The number of benzene rings is 5. The second-order valence-electron chi connectivity index (χ2n) is 12.0. The van der Waals surface area contributed by atoms with Crippen molar-refractivity contribution in [3.8, 4) is 11.3 Å². The number of fused-ring (bicyclic) bond motifs is 1. The van der Waals surface area contributed by atoms with Crippen molar-refractivity contribution in [2.45, 2.75) is 36.8 Å². The molecule has 1 unspecified atom stereocenters. The lowest BCUT2D eigenvalue weighted by atomic mass is 10.0. The van der Waals surface area contributed by atoms with E-state index in [0.29, 0.717) is 22.3 Å². The van der Waals surface area contributed by atoms with E-state index in [9.17, 15) is 14.4 Å². The Morgan fingerprint density at radius 3 is 2.18 bits per heavy atom. The Balaban J connectivity index is 1.08. The second-order valence-corrected chi connectivity index (χ2v) is 14.3. The van der Waals surface area contributed by atoms with Crippen molar-refractivity contribution in [3.05, 3.63) is 149 Å². The highest BCUT2D eigenvalue weighted by atomic mass is 32.2. The molecule has 3 N–H and O–H groups in total. The standard InChI is InChI=1S/C41H36N4O3S2/c1-26(2)29-15-13-28(14-16-29)23-36(43-39(47)31-10-5-4-6-11-31)40(48)42-34-19-21-35(22-20-34)50-27(3)38(46)45-41-44-37(25-49-41)33-18-17-30-9-7-8-12-32(30)24-33/h4-27H,1-3H3,(H,42,48)(H,43,47)(H,44,45,46)/b36-23-. The SMILES string of the molecule is CC(Sc1ccc(NC(=O)/C(=C/c2ccc(C(C)C)cc2)NC(=O)c2ccccc2)cc1)C(=O)Nc1nc(-c2ccc3ccccc3c2)cs1.